The van der Waals surface area contributed by atoms with E-state index >= 15 is 0 Å². The minimum Gasteiger partial charge on any atom is -0.383 e. The summed E-state index contributed by atoms with van der Waals surface area (Å²) in [6, 6.07) is 7.92. The highest BCUT2D eigenvalue weighted by molar-refractivity contribution is 5.76. The van der Waals surface area contributed by atoms with Crippen LogP contribution in [0.15, 0.2) is 24.3 Å². The molecular weight excluding hydrogens is 204 g/mol. The Morgan fingerprint density at radius 3 is 2.56 bits per heavy atom. The fourth-order valence-electron chi connectivity index (χ4n) is 1.50. The number of primary amides is 1. The second kappa shape index (κ2) is 6.12. The van der Waals surface area contributed by atoms with Gasteiger partial charge in [0, 0.05) is 18.8 Å². The zero-order valence-corrected chi connectivity index (χ0v) is 9.69. The highest BCUT2D eigenvalue weighted by atomic mass is 16.5. The number of benzene rings is 1. The molecule has 1 amide bonds. The summed E-state index contributed by atoms with van der Waals surface area (Å²) in [5.74, 6) is -0.312. The van der Waals surface area contributed by atoms with Gasteiger partial charge in [0.1, 0.15) is 0 Å². The average molecular weight is 222 g/mol. The second-order valence-electron chi connectivity index (χ2n) is 3.84. The van der Waals surface area contributed by atoms with E-state index < -0.39 is 0 Å². The van der Waals surface area contributed by atoms with Crippen LogP contribution in [0.3, 0.4) is 0 Å². The van der Waals surface area contributed by atoms with Gasteiger partial charge in [-0.3, -0.25) is 4.79 Å². The molecule has 1 atom stereocenters. The van der Waals surface area contributed by atoms with E-state index in [1.807, 2.05) is 31.2 Å². The Kier molecular flexibility index (Phi) is 4.79. The molecule has 0 aliphatic carbocycles. The number of anilines is 1. The van der Waals surface area contributed by atoms with Gasteiger partial charge in [0.05, 0.1) is 13.0 Å². The third-order valence-corrected chi connectivity index (χ3v) is 2.16. The number of hydrogen-bond donors (Lipinski definition) is 2. The number of carbonyl (C=O) groups is 1. The van der Waals surface area contributed by atoms with Crippen LogP contribution in [-0.2, 0) is 16.0 Å². The fraction of sp³-hybridized carbons (Fsp3) is 0.417. The van der Waals surface area contributed by atoms with E-state index in [1.54, 1.807) is 7.11 Å². The van der Waals surface area contributed by atoms with E-state index in [0.717, 1.165) is 11.3 Å². The van der Waals surface area contributed by atoms with Gasteiger partial charge >= 0.3 is 0 Å². The Bertz CT molecular complexity index is 335. The molecule has 88 valence electrons. The van der Waals surface area contributed by atoms with Gasteiger partial charge in [-0.15, -0.1) is 0 Å². The van der Waals surface area contributed by atoms with Crippen molar-refractivity contribution in [3.8, 4) is 0 Å². The van der Waals surface area contributed by atoms with E-state index in [0.29, 0.717) is 6.61 Å². The lowest BCUT2D eigenvalue weighted by molar-refractivity contribution is -0.117. The molecule has 1 unspecified atom stereocenters. The Morgan fingerprint density at radius 1 is 1.44 bits per heavy atom. The Hall–Kier alpha value is -1.55. The van der Waals surface area contributed by atoms with Crippen LogP contribution in [0.2, 0.25) is 0 Å². The quantitative estimate of drug-likeness (QED) is 0.759. The topological polar surface area (TPSA) is 64.3 Å². The molecule has 0 aromatic heterocycles. The van der Waals surface area contributed by atoms with E-state index in [2.05, 4.69) is 5.32 Å². The lowest BCUT2D eigenvalue weighted by atomic mass is 10.1. The van der Waals surface area contributed by atoms with Crippen molar-refractivity contribution in [2.24, 2.45) is 5.73 Å². The van der Waals surface area contributed by atoms with Crippen molar-refractivity contribution in [2.45, 2.75) is 19.4 Å². The van der Waals surface area contributed by atoms with Crippen molar-refractivity contribution >= 4 is 11.6 Å². The first-order valence-corrected chi connectivity index (χ1v) is 5.24. The zero-order valence-electron chi connectivity index (χ0n) is 9.69. The van der Waals surface area contributed by atoms with Crippen LogP contribution in [-0.4, -0.2) is 25.7 Å². The molecule has 0 spiro atoms. The summed E-state index contributed by atoms with van der Waals surface area (Å²) in [6.07, 6.45) is 0.286. The lowest BCUT2D eigenvalue weighted by Gasteiger charge is -2.14. The maximum absolute atomic E-state index is 10.7. The third kappa shape index (κ3) is 4.31. The predicted molar refractivity (Wildman–Crippen MR) is 64.3 cm³/mol. The molecule has 16 heavy (non-hydrogen) atoms. The summed E-state index contributed by atoms with van der Waals surface area (Å²) in [4.78, 5) is 10.7. The van der Waals surface area contributed by atoms with Crippen molar-refractivity contribution < 1.29 is 9.53 Å². The van der Waals surface area contributed by atoms with Crippen LogP contribution < -0.4 is 11.1 Å². The van der Waals surface area contributed by atoms with E-state index in [-0.39, 0.29) is 18.4 Å². The van der Waals surface area contributed by atoms with Gasteiger partial charge in [-0.2, -0.15) is 0 Å². The molecule has 0 saturated carbocycles. The molecule has 3 N–H and O–H groups in total. The van der Waals surface area contributed by atoms with Crippen LogP contribution in [0.25, 0.3) is 0 Å². The summed E-state index contributed by atoms with van der Waals surface area (Å²) in [6.45, 7) is 2.70. The molecular formula is C12H18N2O2. The van der Waals surface area contributed by atoms with Crippen molar-refractivity contribution in [2.75, 3.05) is 19.0 Å². The van der Waals surface area contributed by atoms with Crippen molar-refractivity contribution in [1.82, 2.24) is 0 Å². The van der Waals surface area contributed by atoms with Gasteiger partial charge in [0.2, 0.25) is 5.91 Å². The molecule has 0 aliphatic heterocycles. The van der Waals surface area contributed by atoms with Crippen molar-refractivity contribution in [3.05, 3.63) is 29.8 Å². The summed E-state index contributed by atoms with van der Waals surface area (Å²) in [5.41, 5.74) is 7.05. The number of nitrogens with one attached hydrogen (secondary N) is 1. The number of carbonyl (C=O) groups excluding carboxylic acids is 1. The zero-order chi connectivity index (χ0) is 12.0. The summed E-state index contributed by atoms with van der Waals surface area (Å²) < 4.78 is 5.03. The van der Waals surface area contributed by atoms with Crippen LogP contribution in [0, 0.1) is 0 Å². The minimum absolute atomic E-state index is 0.256. The number of nitrogens with two attached hydrogens (primary N) is 1. The summed E-state index contributed by atoms with van der Waals surface area (Å²) in [7, 11) is 1.67. The van der Waals surface area contributed by atoms with Crippen molar-refractivity contribution in [1.29, 1.82) is 0 Å². The predicted octanol–water partition coefficient (Wildman–Crippen LogP) is 1.16. The number of rotatable bonds is 6. The fourth-order valence-corrected chi connectivity index (χ4v) is 1.50. The Morgan fingerprint density at radius 2 is 2.06 bits per heavy atom. The van der Waals surface area contributed by atoms with Gasteiger partial charge in [-0.25, -0.2) is 0 Å². The molecule has 4 nitrogen and oxygen atoms in total. The normalized spacial score (nSPS) is 12.1. The van der Waals surface area contributed by atoms with E-state index in [9.17, 15) is 4.79 Å². The lowest BCUT2D eigenvalue weighted by Crippen LogP contribution is -2.20. The monoisotopic (exact) mass is 222 g/mol. The standard InChI is InChI=1S/C12H18N2O2/c1-9(8-16-2)14-11-5-3-10(4-6-11)7-12(13)15/h3-6,9,14H,7-8H2,1-2H3,(H2,13,15). The first-order chi connectivity index (χ1) is 7.61. The highest BCUT2D eigenvalue weighted by Crippen LogP contribution is 2.11. The van der Waals surface area contributed by atoms with Crippen LogP contribution in [0.4, 0.5) is 5.69 Å². The van der Waals surface area contributed by atoms with Crippen LogP contribution in [0.1, 0.15) is 12.5 Å². The SMILES string of the molecule is COCC(C)Nc1ccc(CC(N)=O)cc1. The van der Waals surface area contributed by atoms with Gasteiger partial charge < -0.3 is 15.8 Å². The smallest absolute Gasteiger partial charge is 0.221 e. The molecule has 1 rings (SSSR count). The molecule has 0 fully saturated rings. The van der Waals surface area contributed by atoms with Gasteiger partial charge in [-0.1, -0.05) is 12.1 Å². The Labute approximate surface area is 95.8 Å². The van der Waals surface area contributed by atoms with E-state index in [4.69, 9.17) is 10.5 Å². The molecule has 0 heterocycles. The summed E-state index contributed by atoms with van der Waals surface area (Å²) in [5, 5.41) is 3.28. The highest BCUT2D eigenvalue weighted by Gasteiger charge is 2.02. The molecule has 0 saturated heterocycles. The maximum atomic E-state index is 10.7. The van der Waals surface area contributed by atoms with Crippen LogP contribution in [0.5, 0.6) is 0 Å². The Balaban J connectivity index is 2.54. The minimum atomic E-state index is -0.312. The average Bonchev–Trinajstić information content (AvgIpc) is 2.20. The number of ether oxygens (including phenoxy) is 1. The molecule has 0 aliphatic rings. The van der Waals surface area contributed by atoms with Gasteiger partial charge in [0.15, 0.2) is 0 Å². The largest absolute Gasteiger partial charge is 0.383 e. The molecule has 4 heteroatoms. The number of hydrogen-bond acceptors (Lipinski definition) is 3. The number of methoxy groups -OCH3 is 1. The molecule has 0 bridgehead atoms. The van der Waals surface area contributed by atoms with E-state index in [1.165, 1.54) is 0 Å². The molecule has 0 radical (unpaired) electrons. The first-order valence-electron chi connectivity index (χ1n) is 5.24. The molecule has 1 aromatic rings. The van der Waals surface area contributed by atoms with Gasteiger partial charge in [0.25, 0.3) is 0 Å². The molecule has 1 aromatic carbocycles. The second-order valence-corrected chi connectivity index (χ2v) is 3.84. The van der Waals surface area contributed by atoms with Crippen LogP contribution >= 0.6 is 0 Å². The first kappa shape index (κ1) is 12.5. The van der Waals surface area contributed by atoms with Crippen molar-refractivity contribution in [3.63, 3.8) is 0 Å². The maximum Gasteiger partial charge on any atom is 0.221 e. The van der Waals surface area contributed by atoms with Gasteiger partial charge in [-0.05, 0) is 24.6 Å². The number of amides is 1. The third-order valence-electron chi connectivity index (χ3n) is 2.16. The summed E-state index contributed by atoms with van der Waals surface area (Å²) >= 11 is 0.